The Morgan fingerprint density at radius 2 is 1.50 bits per heavy atom. The first-order valence-corrected chi connectivity index (χ1v) is 9.32. The third-order valence-corrected chi connectivity index (χ3v) is 3.80. The van der Waals surface area contributed by atoms with E-state index in [0.29, 0.717) is 23.7 Å². The number of hydrogen-bond acceptors (Lipinski definition) is 5. The fourth-order valence-electron chi connectivity index (χ4n) is 0.854. The van der Waals surface area contributed by atoms with E-state index in [1.54, 1.807) is 11.8 Å². The summed E-state index contributed by atoms with van der Waals surface area (Å²) in [6, 6.07) is -1.35. The van der Waals surface area contributed by atoms with E-state index in [9.17, 15) is 9.59 Å². The Hall–Kier alpha value is 0.290. The molecule has 0 heterocycles. The van der Waals surface area contributed by atoms with Crippen molar-refractivity contribution in [1.29, 1.82) is 0 Å². The van der Waals surface area contributed by atoms with Gasteiger partial charge in [0.15, 0.2) is 0 Å². The van der Waals surface area contributed by atoms with Gasteiger partial charge in [-0.3, -0.25) is 9.59 Å². The Balaban J connectivity index is -0.000000277. The molecule has 0 bridgehead atoms. The zero-order chi connectivity index (χ0) is 15.4. The van der Waals surface area contributed by atoms with Crippen LogP contribution in [-0.4, -0.2) is 64.5 Å². The lowest BCUT2D eigenvalue weighted by Crippen LogP contribution is -3.00. The lowest BCUT2D eigenvalue weighted by Gasteiger charge is -2.02. The maximum Gasteiger partial charge on any atom is 0.320 e. The molecule has 0 amide bonds. The molecular weight excluding hydrogens is 415 g/mol. The van der Waals surface area contributed by atoms with Gasteiger partial charge in [-0.25, -0.2) is 0 Å². The average Bonchev–Trinajstić information content (AvgIpc) is 2.33. The molecule has 0 aliphatic heterocycles. The van der Waals surface area contributed by atoms with Crippen LogP contribution in [0.2, 0.25) is 0 Å². The Morgan fingerprint density at radius 3 is 1.80 bits per heavy atom. The van der Waals surface area contributed by atoms with Gasteiger partial charge in [0, 0.05) is 6.42 Å². The molecule has 0 spiro atoms. The molecule has 0 saturated carbocycles. The van der Waals surface area contributed by atoms with E-state index in [2.05, 4.69) is 12.5 Å². The molecule has 9 heteroatoms. The Bertz CT molecular complexity index is 271. The number of rotatable bonds is 8. The van der Waals surface area contributed by atoms with E-state index in [0.717, 1.165) is 11.5 Å². The normalized spacial score (nSPS) is 12.7. The third kappa shape index (κ3) is 18.3. The summed E-state index contributed by atoms with van der Waals surface area (Å²) in [5, 5.41) is 16.6. The van der Waals surface area contributed by atoms with Gasteiger partial charge in [0.25, 0.3) is 0 Å². The standard InChI is InChI=1S/C6H13NO2S.C5H11NO2S.HI/c1-10(2)4-3-5(7)6(8)9;1-9-3-2-4(6)5(7)8;/h5H,3-4,7H2,1-2H3;4H,2-3,6H2,1H3,(H,7,8);1H/t5-;4-;/m00./s1. The maximum absolute atomic E-state index is 10.2. The summed E-state index contributed by atoms with van der Waals surface area (Å²) in [6.45, 7) is 0. The summed E-state index contributed by atoms with van der Waals surface area (Å²) in [4.78, 5) is 20.3. The van der Waals surface area contributed by atoms with E-state index in [1.165, 1.54) is 0 Å². The number of thioether (sulfide) groups is 1. The summed E-state index contributed by atoms with van der Waals surface area (Å²) in [6.07, 6.45) is 7.22. The first kappa shape index (κ1) is 25.3. The van der Waals surface area contributed by atoms with Crippen LogP contribution in [0, 0.1) is 0 Å². The van der Waals surface area contributed by atoms with Crippen molar-refractivity contribution in [2.75, 3.05) is 30.3 Å². The van der Waals surface area contributed by atoms with Gasteiger partial charge in [-0.1, -0.05) is 0 Å². The maximum atomic E-state index is 10.2. The van der Waals surface area contributed by atoms with Gasteiger partial charge in [-0.05, 0) is 29.3 Å². The fraction of sp³-hybridized carbons (Fsp3) is 0.818. The molecule has 0 fully saturated rings. The highest BCUT2D eigenvalue weighted by Gasteiger charge is 2.14. The van der Waals surface area contributed by atoms with E-state index < -0.39 is 24.0 Å². The van der Waals surface area contributed by atoms with Crippen molar-refractivity contribution in [1.82, 2.24) is 0 Å². The van der Waals surface area contributed by atoms with Gasteiger partial charge >= 0.3 is 11.9 Å². The molecule has 0 rings (SSSR count). The highest BCUT2D eigenvalue weighted by molar-refractivity contribution is 7.98. The molecule has 2 atom stereocenters. The lowest BCUT2D eigenvalue weighted by atomic mass is 10.2. The van der Waals surface area contributed by atoms with Crippen LogP contribution in [0.5, 0.6) is 0 Å². The number of halogens is 1. The Kier molecular flexibility index (Phi) is 19.8. The molecule has 0 aromatic heterocycles. The molecule has 6 N–H and O–H groups in total. The van der Waals surface area contributed by atoms with Gasteiger partial charge in [0.2, 0.25) is 0 Å². The first-order chi connectivity index (χ1) is 8.72. The monoisotopic (exact) mass is 440 g/mol. The number of carboxylic acids is 2. The van der Waals surface area contributed by atoms with Crippen LogP contribution in [0.4, 0.5) is 0 Å². The minimum atomic E-state index is -0.913. The van der Waals surface area contributed by atoms with Crippen molar-refractivity contribution in [3.05, 3.63) is 0 Å². The summed E-state index contributed by atoms with van der Waals surface area (Å²) >= 11 is 1.60. The minimum absolute atomic E-state index is 0. The van der Waals surface area contributed by atoms with Crippen LogP contribution in [0.1, 0.15) is 12.8 Å². The summed E-state index contributed by atoms with van der Waals surface area (Å²) in [5.74, 6) is -0.0875. The van der Waals surface area contributed by atoms with Crippen molar-refractivity contribution in [3.63, 3.8) is 0 Å². The molecule has 20 heavy (non-hydrogen) atoms. The molecule has 0 aliphatic carbocycles. The highest BCUT2D eigenvalue weighted by Crippen LogP contribution is 1.97. The average molecular weight is 440 g/mol. The molecule has 0 aromatic rings. The summed E-state index contributed by atoms with van der Waals surface area (Å²) in [5.41, 5.74) is 10.5. The molecule has 0 aromatic carbocycles. The van der Waals surface area contributed by atoms with Gasteiger partial charge in [0.05, 0.1) is 12.5 Å². The number of aliphatic carboxylic acids is 2. The number of hydrogen-bond donors (Lipinski definition) is 4. The van der Waals surface area contributed by atoms with Gasteiger partial charge in [-0.15, -0.1) is 0 Å². The number of carboxylic acid groups (broad SMARTS) is 2. The largest absolute Gasteiger partial charge is 1.00 e. The summed E-state index contributed by atoms with van der Waals surface area (Å²) in [7, 11) is 0.304. The van der Waals surface area contributed by atoms with Crippen molar-refractivity contribution < 1.29 is 43.8 Å². The zero-order valence-corrected chi connectivity index (χ0v) is 15.8. The Labute approximate surface area is 144 Å². The predicted octanol–water partition coefficient (Wildman–Crippen LogP) is -3.18. The smallest absolute Gasteiger partial charge is 0.320 e. The Morgan fingerprint density at radius 1 is 1.10 bits per heavy atom. The van der Waals surface area contributed by atoms with E-state index >= 15 is 0 Å². The molecule has 0 aliphatic rings. The SMILES string of the molecule is CSCC[C@H](N)C(=O)O.C[S+](C)CC[C@H](N)C(=O)O.[I-]. The van der Waals surface area contributed by atoms with Crippen LogP contribution in [-0.2, 0) is 20.5 Å². The summed E-state index contributed by atoms with van der Waals surface area (Å²) < 4.78 is 0. The van der Waals surface area contributed by atoms with E-state index in [1.807, 2.05) is 6.26 Å². The molecule has 122 valence electrons. The van der Waals surface area contributed by atoms with Crippen LogP contribution in [0.25, 0.3) is 0 Å². The van der Waals surface area contributed by atoms with E-state index in [4.69, 9.17) is 21.7 Å². The highest BCUT2D eigenvalue weighted by atomic mass is 127. The minimum Gasteiger partial charge on any atom is -1.00 e. The number of nitrogens with two attached hydrogens (primary N) is 2. The quantitative estimate of drug-likeness (QED) is 0.232. The van der Waals surface area contributed by atoms with Crippen LogP contribution < -0.4 is 35.4 Å². The predicted molar refractivity (Wildman–Crippen MR) is 82.9 cm³/mol. The molecule has 0 radical (unpaired) electrons. The van der Waals surface area contributed by atoms with Crippen molar-refractivity contribution >= 4 is 34.6 Å². The fourth-order valence-corrected chi connectivity index (χ4v) is 2.07. The lowest BCUT2D eigenvalue weighted by molar-refractivity contribution is -0.139. The number of carbonyl (C=O) groups is 2. The van der Waals surface area contributed by atoms with Crippen LogP contribution in [0.15, 0.2) is 0 Å². The van der Waals surface area contributed by atoms with E-state index in [-0.39, 0.29) is 24.0 Å². The first-order valence-electron chi connectivity index (χ1n) is 5.72. The molecule has 6 nitrogen and oxygen atoms in total. The second kappa shape index (κ2) is 15.7. The molecule has 0 unspecified atom stereocenters. The zero-order valence-electron chi connectivity index (χ0n) is 12.0. The van der Waals surface area contributed by atoms with Gasteiger partial charge in [-0.2, -0.15) is 11.8 Å². The second-order valence-corrected chi connectivity index (χ2v) is 7.51. The van der Waals surface area contributed by atoms with Gasteiger partial charge < -0.3 is 45.7 Å². The molecular formula is C11H25IN2O4S2. The second-order valence-electron chi connectivity index (χ2n) is 4.15. The topological polar surface area (TPSA) is 127 Å². The van der Waals surface area contributed by atoms with Crippen molar-refractivity contribution in [2.45, 2.75) is 24.9 Å². The molecule has 0 saturated heterocycles. The van der Waals surface area contributed by atoms with Crippen LogP contribution >= 0.6 is 11.8 Å². The van der Waals surface area contributed by atoms with Gasteiger partial charge in [0.1, 0.15) is 17.8 Å². The van der Waals surface area contributed by atoms with Crippen molar-refractivity contribution in [3.8, 4) is 0 Å². The third-order valence-electron chi connectivity index (χ3n) is 2.10. The van der Waals surface area contributed by atoms with Crippen LogP contribution in [0.3, 0.4) is 0 Å². The van der Waals surface area contributed by atoms with Crippen molar-refractivity contribution in [2.24, 2.45) is 11.5 Å².